The predicted octanol–water partition coefficient (Wildman–Crippen LogP) is 2.99. The molecule has 0 aromatic heterocycles. The van der Waals surface area contributed by atoms with E-state index in [1.165, 1.54) is 24.3 Å². The molecule has 0 heterocycles. The van der Waals surface area contributed by atoms with Crippen LogP contribution in [0, 0.1) is 5.82 Å². The van der Waals surface area contributed by atoms with Gasteiger partial charge >= 0.3 is 0 Å². The van der Waals surface area contributed by atoms with Crippen molar-refractivity contribution in [2.24, 2.45) is 5.10 Å². The van der Waals surface area contributed by atoms with E-state index in [2.05, 4.69) is 10.5 Å². The first-order chi connectivity index (χ1) is 10.1. The maximum absolute atomic E-state index is 12.8. The van der Waals surface area contributed by atoms with Crippen molar-refractivity contribution in [1.82, 2.24) is 5.43 Å². The van der Waals surface area contributed by atoms with Crippen LogP contribution in [0.5, 0.6) is 5.75 Å². The third kappa shape index (κ3) is 3.66. The molecule has 0 atom stereocenters. The number of methoxy groups -OCH3 is 1. The normalized spacial score (nSPS) is 11.1. The number of nitrogens with one attached hydrogen (secondary N) is 1. The molecule has 4 nitrogen and oxygen atoms in total. The van der Waals surface area contributed by atoms with Crippen molar-refractivity contribution in [2.45, 2.75) is 6.92 Å². The van der Waals surface area contributed by atoms with Crippen molar-refractivity contribution in [3.8, 4) is 5.75 Å². The van der Waals surface area contributed by atoms with Gasteiger partial charge in [-0.3, -0.25) is 4.79 Å². The maximum Gasteiger partial charge on any atom is 0.271 e. The zero-order chi connectivity index (χ0) is 15.2. The molecule has 2 aromatic carbocycles. The summed E-state index contributed by atoms with van der Waals surface area (Å²) in [6.07, 6.45) is 0. The zero-order valence-electron chi connectivity index (χ0n) is 11.8. The zero-order valence-corrected chi connectivity index (χ0v) is 11.8. The predicted molar refractivity (Wildman–Crippen MR) is 79.1 cm³/mol. The van der Waals surface area contributed by atoms with E-state index in [-0.39, 0.29) is 5.82 Å². The van der Waals surface area contributed by atoms with Crippen LogP contribution in [-0.4, -0.2) is 18.7 Å². The smallest absolute Gasteiger partial charge is 0.271 e. The molecule has 0 fully saturated rings. The van der Waals surface area contributed by atoms with Crippen LogP contribution in [-0.2, 0) is 0 Å². The highest BCUT2D eigenvalue weighted by atomic mass is 19.1. The minimum Gasteiger partial charge on any atom is -0.496 e. The van der Waals surface area contributed by atoms with Crippen molar-refractivity contribution < 1.29 is 13.9 Å². The molecule has 5 heteroatoms. The molecule has 21 heavy (non-hydrogen) atoms. The third-order valence-electron chi connectivity index (χ3n) is 2.93. The molecule has 108 valence electrons. The van der Waals surface area contributed by atoms with Gasteiger partial charge in [0, 0.05) is 11.1 Å². The quantitative estimate of drug-likeness (QED) is 0.694. The number of carbonyl (C=O) groups is 1. The van der Waals surface area contributed by atoms with Crippen LogP contribution in [0.15, 0.2) is 53.6 Å². The molecule has 2 rings (SSSR count). The standard InChI is InChI=1S/C16H15FN2O2/c1-11(14-5-3-4-6-15(14)21-2)18-19-16(20)12-7-9-13(17)10-8-12/h3-10H,1-2H3,(H,19,20)/b18-11-. The summed E-state index contributed by atoms with van der Waals surface area (Å²) in [5, 5.41) is 4.05. The van der Waals surface area contributed by atoms with Gasteiger partial charge in [-0.05, 0) is 43.3 Å². The summed E-state index contributed by atoms with van der Waals surface area (Å²) in [5.41, 5.74) is 4.18. The van der Waals surface area contributed by atoms with Crippen LogP contribution in [0.3, 0.4) is 0 Å². The average Bonchev–Trinajstić information content (AvgIpc) is 2.52. The molecule has 0 aliphatic rings. The van der Waals surface area contributed by atoms with Gasteiger partial charge in [-0.25, -0.2) is 9.82 Å². The molecule has 0 saturated carbocycles. The molecule has 0 aliphatic heterocycles. The third-order valence-corrected chi connectivity index (χ3v) is 2.93. The lowest BCUT2D eigenvalue weighted by molar-refractivity contribution is 0.0955. The van der Waals surface area contributed by atoms with Crippen LogP contribution < -0.4 is 10.2 Å². The number of ether oxygens (including phenoxy) is 1. The average molecular weight is 286 g/mol. The number of nitrogens with zero attached hydrogens (tertiary/aromatic N) is 1. The molecule has 0 saturated heterocycles. The number of rotatable bonds is 4. The van der Waals surface area contributed by atoms with Crippen LogP contribution in [0.4, 0.5) is 4.39 Å². The molecule has 1 amide bonds. The van der Waals surface area contributed by atoms with Crippen LogP contribution in [0.2, 0.25) is 0 Å². The number of carbonyl (C=O) groups excluding carboxylic acids is 1. The molecule has 0 spiro atoms. The Kier molecular flexibility index (Phi) is 4.66. The Morgan fingerprint density at radius 2 is 1.81 bits per heavy atom. The summed E-state index contributed by atoms with van der Waals surface area (Å²) < 4.78 is 18.0. The number of hydrazone groups is 1. The molecular formula is C16H15FN2O2. The number of para-hydroxylation sites is 1. The number of hydrogen-bond donors (Lipinski definition) is 1. The van der Waals surface area contributed by atoms with Crippen molar-refractivity contribution in [3.63, 3.8) is 0 Å². The summed E-state index contributed by atoms with van der Waals surface area (Å²) in [5.74, 6) is -0.112. The van der Waals surface area contributed by atoms with E-state index in [1.807, 2.05) is 24.3 Å². The summed E-state index contributed by atoms with van der Waals surface area (Å²) in [6.45, 7) is 1.77. The van der Waals surface area contributed by atoms with Gasteiger partial charge in [-0.2, -0.15) is 5.10 Å². The van der Waals surface area contributed by atoms with Gasteiger partial charge in [-0.1, -0.05) is 12.1 Å². The number of amides is 1. The van der Waals surface area contributed by atoms with E-state index < -0.39 is 5.91 Å². The molecule has 0 bridgehead atoms. The van der Waals surface area contributed by atoms with Gasteiger partial charge in [0.1, 0.15) is 11.6 Å². The van der Waals surface area contributed by atoms with Crippen molar-refractivity contribution >= 4 is 11.6 Å². The second kappa shape index (κ2) is 6.65. The first kappa shape index (κ1) is 14.7. The Balaban J connectivity index is 2.13. The highest BCUT2D eigenvalue weighted by Crippen LogP contribution is 2.17. The highest BCUT2D eigenvalue weighted by Gasteiger charge is 2.07. The SMILES string of the molecule is COc1ccccc1/C(C)=N\NC(=O)c1ccc(F)cc1. The molecule has 0 radical (unpaired) electrons. The molecule has 2 aromatic rings. The monoisotopic (exact) mass is 286 g/mol. The van der Waals surface area contributed by atoms with Crippen molar-refractivity contribution in [3.05, 3.63) is 65.5 Å². The fourth-order valence-corrected chi connectivity index (χ4v) is 1.80. The Morgan fingerprint density at radius 3 is 2.48 bits per heavy atom. The fraction of sp³-hybridized carbons (Fsp3) is 0.125. The van der Waals surface area contributed by atoms with E-state index in [1.54, 1.807) is 14.0 Å². The number of halogens is 1. The van der Waals surface area contributed by atoms with Gasteiger partial charge in [0.15, 0.2) is 0 Å². The van der Waals surface area contributed by atoms with Gasteiger partial charge in [0.25, 0.3) is 5.91 Å². The Bertz CT molecular complexity index is 666. The largest absolute Gasteiger partial charge is 0.496 e. The lowest BCUT2D eigenvalue weighted by atomic mass is 10.1. The van der Waals surface area contributed by atoms with Gasteiger partial charge < -0.3 is 4.74 Å². The van der Waals surface area contributed by atoms with E-state index in [0.717, 1.165) is 5.56 Å². The number of hydrogen-bond acceptors (Lipinski definition) is 3. The lowest BCUT2D eigenvalue weighted by Gasteiger charge is -2.07. The molecular weight excluding hydrogens is 271 g/mol. The van der Waals surface area contributed by atoms with Gasteiger partial charge in [0.05, 0.1) is 12.8 Å². The highest BCUT2D eigenvalue weighted by molar-refractivity contribution is 6.02. The van der Waals surface area contributed by atoms with Crippen molar-refractivity contribution in [1.29, 1.82) is 0 Å². The number of benzene rings is 2. The van der Waals surface area contributed by atoms with Gasteiger partial charge in [0.2, 0.25) is 0 Å². The van der Waals surface area contributed by atoms with Crippen LogP contribution >= 0.6 is 0 Å². The minimum atomic E-state index is -0.399. The second-order valence-electron chi connectivity index (χ2n) is 4.35. The van der Waals surface area contributed by atoms with E-state index in [4.69, 9.17) is 4.74 Å². The fourth-order valence-electron chi connectivity index (χ4n) is 1.80. The van der Waals surface area contributed by atoms with Crippen molar-refractivity contribution in [2.75, 3.05) is 7.11 Å². The Labute approximate surface area is 122 Å². The van der Waals surface area contributed by atoms with E-state index in [0.29, 0.717) is 17.0 Å². The lowest BCUT2D eigenvalue weighted by Crippen LogP contribution is -2.19. The first-order valence-electron chi connectivity index (χ1n) is 6.35. The van der Waals surface area contributed by atoms with E-state index >= 15 is 0 Å². The minimum absolute atomic E-state index is 0.341. The first-order valence-corrected chi connectivity index (χ1v) is 6.35. The Hall–Kier alpha value is -2.69. The van der Waals surface area contributed by atoms with Crippen LogP contribution in [0.1, 0.15) is 22.8 Å². The molecule has 0 aliphatic carbocycles. The summed E-state index contributed by atoms with van der Waals surface area (Å²) in [7, 11) is 1.57. The maximum atomic E-state index is 12.8. The van der Waals surface area contributed by atoms with Crippen LogP contribution in [0.25, 0.3) is 0 Å². The molecule has 1 N–H and O–H groups in total. The van der Waals surface area contributed by atoms with Gasteiger partial charge in [-0.15, -0.1) is 0 Å². The molecule has 0 unspecified atom stereocenters. The topological polar surface area (TPSA) is 50.7 Å². The summed E-state index contributed by atoms with van der Waals surface area (Å²) >= 11 is 0. The summed E-state index contributed by atoms with van der Waals surface area (Å²) in [6, 6.07) is 12.6. The second-order valence-corrected chi connectivity index (χ2v) is 4.35. The summed E-state index contributed by atoms with van der Waals surface area (Å²) in [4.78, 5) is 11.9. The Morgan fingerprint density at radius 1 is 1.14 bits per heavy atom. The van der Waals surface area contributed by atoms with E-state index in [9.17, 15) is 9.18 Å².